The molecule has 3 nitrogen and oxygen atoms in total. The van der Waals surface area contributed by atoms with Crippen molar-refractivity contribution >= 4 is 0 Å². The monoisotopic (exact) mass is 282 g/mol. The van der Waals surface area contributed by atoms with E-state index in [4.69, 9.17) is 0 Å². The SMILES string of the molecule is CN1CCCC[C@H]1[C@@H](O)c1cccc(-c2ccccn2)c1. The van der Waals surface area contributed by atoms with Gasteiger partial charge in [0.05, 0.1) is 11.8 Å². The van der Waals surface area contributed by atoms with Gasteiger partial charge in [-0.05, 0) is 50.2 Å². The molecule has 0 aliphatic carbocycles. The number of aliphatic hydroxyl groups excluding tert-OH is 1. The fourth-order valence-corrected chi connectivity index (χ4v) is 3.14. The molecule has 0 saturated carbocycles. The van der Waals surface area contributed by atoms with E-state index in [2.05, 4.69) is 23.0 Å². The minimum absolute atomic E-state index is 0.220. The number of aromatic nitrogens is 1. The molecule has 1 fully saturated rings. The molecule has 1 aliphatic heterocycles. The first kappa shape index (κ1) is 14.2. The lowest BCUT2D eigenvalue weighted by molar-refractivity contribution is 0.0403. The van der Waals surface area contributed by atoms with E-state index >= 15 is 0 Å². The number of nitrogens with zero attached hydrogens (tertiary/aromatic N) is 2. The number of hydrogen-bond donors (Lipinski definition) is 1. The zero-order chi connectivity index (χ0) is 14.7. The molecule has 0 unspecified atom stereocenters. The molecule has 0 bridgehead atoms. The van der Waals surface area contributed by atoms with E-state index < -0.39 is 6.10 Å². The third-order valence-electron chi connectivity index (χ3n) is 4.38. The molecule has 3 heteroatoms. The van der Waals surface area contributed by atoms with Crippen LogP contribution in [0.5, 0.6) is 0 Å². The molecule has 1 saturated heterocycles. The van der Waals surface area contributed by atoms with E-state index in [1.807, 2.05) is 36.4 Å². The number of likely N-dealkylation sites (tertiary alicyclic amines) is 1. The van der Waals surface area contributed by atoms with Gasteiger partial charge >= 0.3 is 0 Å². The van der Waals surface area contributed by atoms with E-state index in [-0.39, 0.29) is 6.04 Å². The molecule has 0 amide bonds. The van der Waals surface area contributed by atoms with E-state index in [1.165, 1.54) is 12.8 Å². The fraction of sp³-hybridized carbons (Fsp3) is 0.389. The Kier molecular flexibility index (Phi) is 4.32. The second-order valence-corrected chi connectivity index (χ2v) is 5.83. The van der Waals surface area contributed by atoms with Gasteiger partial charge in [0, 0.05) is 17.8 Å². The van der Waals surface area contributed by atoms with E-state index in [9.17, 15) is 5.11 Å². The number of rotatable bonds is 3. The van der Waals surface area contributed by atoms with Crippen molar-refractivity contribution in [3.8, 4) is 11.3 Å². The number of hydrogen-bond acceptors (Lipinski definition) is 3. The van der Waals surface area contributed by atoms with Crippen molar-refractivity contribution in [3.05, 3.63) is 54.2 Å². The van der Waals surface area contributed by atoms with Crippen LogP contribution in [0, 0.1) is 0 Å². The Morgan fingerprint density at radius 1 is 1.19 bits per heavy atom. The van der Waals surface area contributed by atoms with Crippen LogP contribution in [0.4, 0.5) is 0 Å². The molecular formula is C18H22N2O. The van der Waals surface area contributed by atoms with E-state index in [0.717, 1.165) is 29.8 Å². The summed E-state index contributed by atoms with van der Waals surface area (Å²) in [5, 5.41) is 10.7. The van der Waals surface area contributed by atoms with Crippen molar-refractivity contribution in [2.45, 2.75) is 31.4 Å². The second-order valence-electron chi connectivity index (χ2n) is 5.83. The molecule has 1 aliphatic rings. The number of likely N-dealkylation sites (N-methyl/N-ethyl adjacent to an activating group) is 1. The van der Waals surface area contributed by atoms with Gasteiger partial charge in [-0.25, -0.2) is 0 Å². The molecule has 2 aromatic rings. The molecule has 0 radical (unpaired) electrons. The lowest BCUT2D eigenvalue weighted by Crippen LogP contribution is -2.40. The van der Waals surface area contributed by atoms with Gasteiger partial charge in [-0.2, -0.15) is 0 Å². The van der Waals surface area contributed by atoms with E-state index in [1.54, 1.807) is 6.20 Å². The van der Waals surface area contributed by atoms with Gasteiger partial charge < -0.3 is 10.0 Å². The third-order valence-corrected chi connectivity index (χ3v) is 4.38. The molecule has 21 heavy (non-hydrogen) atoms. The molecular weight excluding hydrogens is 260 g/mol. The van der Waals surface area contributed by atoms with Crippen molar-refractivity contribution in [2.75, 3.05) is 13.6 Å². The first-order chi connectivity index (χ1) is 10.3. The minimum atomic E-state index is -0.432. The Hall–Kier alpha value is -1.71. The summed E-state index contributed by atoms with van der Waals surface area (Å²) in [6.07, 6.45) is 4.86. The van der Waals surface area contributed by atoms with Gasteiger partial charge in [-0.3, -0.25) is 4.98 Å². The summed E-state index contributed by atoms with van der Waals surface area (Å²) >= 11 is 0. The van der Waals surface area contributed by atoms with Crippen molar-refractivity contribution in [3.63, 3.8) is 0 Å². The average molecular weight is 282 g/mol. The summed E-state index contributed by atoms with van der Waals surface area (Å²) in [5.41, 5.74) is 2.99. The van der Waals surface area contributed by atoms with Crippen molar-refractivity contribution in [1.82, 2.24) is 9.88 Å². The summed E-state index contributed by atoms with van der Waals surface area (Å²) in [5.74, 6) is 0. The number of benzene rings is 1. The predicted molar refractivity (Wildman–Crippen MR) is 84.9 cm³/mol. The van der Waals surface area contributed by atoms with Crippen LogP contribution < -0.4 is 0 Å². The predicted octanol–water partition coefficient (Wildman–Crippen LogP) is 3.27. The highest BCUT2D eigenvalue weighted by molar-refractivity contribution is 5.59. The molecule has 2 atom stereocenters. The van der Waals surface area contributed by atoms with Crippen molar-refractivity contribution < 1.29 is 5.11 Å². The molecule has 0 spiro atoms. The summed E-state index contributed by atoms with van der Waals surface area (Å²) in [6.45, 7) is 1.07. The van der Waals surface area contributed by atoms with Crippen LogP contribution in [0.2, 0.25) is 0 Å². The maximum atomic E-state index is 10.7. The third kappa shape index (κ3) is 3.14. The van der Waals surface area contributed by atoms with Crippen LogP contribution in [0.3, 0.4) is 0 Å². The largest absolute Gasteiger partial charge is 0.387 e. The summed E-state index contributed by atoms with van der Waals surface area (Å²) in [7, 11) is 2.11. The van der Waals surface area contributed by atoms with Crippen molar-refractivity contribution in [1.29, 1.82) is 0 Å². The van der Waals surface area contributed by atoms with Gasteiger partial charge in [-0.1, -0.05) is 30.7 Å². The lowest BCUT2D eigenvalue weighted by atomic mass is 9.92. The van der Waals surface area contributed by atoms with Crippen molar-refractivity contribution in [2.24, 2.45) is 0 Å². The van der Waals surface area contributed by atoms with Gasteiger partial charge in [0.25, 0.3) is 0 Å². The maximum Gasteiger partial charge on any atom is 0.0945 e. The Morgan fingerprint density at radius 3 is 2.86 bits per heavy atom. The first-order valence-electron chi connectivity index (χ1n) is 7.65. The first-order valence-corrected chi connectivity index (χ1v) is 7.65. The summed E-state index contributed by atoms with van der Waals surface area (Å²) in [4.78, 5) is 6.66. The Morgan fingerprint density at radius 2 is 2.10 bits per heavy atom. The highest BCUT2D eigenvalue weighted by Crippen LogP contribution is 2.29. The minimum Gasteiger partial charge on any atom is -0.387 e. The van der Waals surface area contributed by atoms with E-state index in [0.29, 0.717) is 0 Å². The number of piperidine rings is 1. The van der Waals surface area contributed by atoms with Gasteiger partial charge in [-0.15, -0.1) is 0 Å². The summed E-state index contributed by atoms with van der Waals surface area (Å²) < 4.78 is 0. The number of aliphatic hydroxyl groups is 1. The normalized spacial score (nSPS) is 21.1. The van der Waals surface area contributed by atoms with Crippen LogP contribution in [0.1, 0.15) is 30.9 Å². The Balaban J connectivity index is 1.85. The van der Waals surface area contributed by atoms with Gasteiger partial charge in [0.1, 0.15) is 0 Å². The smallest absolute Gasteiger partial charge is 0.0945 e. The fourth-order valence-electron chi connectivity index (χ4n) is 3.14. The molecule has 3 rings (SSSR count). The highest BCUT2D eigenvalue weighted by Gasteiger charge is 2.27. The molecule has 1 aromatic heterocycles. The molecule has 110 valence electrons. The highest BCUT2D eigenvalue weighted by atomic mass is 16.3. The molecule has 2 heterocycles. The lowest BCUT2D eigenvalue weighted by Gasteiger charge is -2.36. The van der Waals surface area contributed by atoms with Crippen LogP contribution in [-0.4, -0.2) is 34.6 Å². The topological polar surface area (TPSA) is 36.4 Å². The molecule has 1 aromatic carbocycles. The van der Waals surface area contributed by atoms with Crippen LogP contribution in [-0.2, 0) is 0 Å². The Labute approximate surface area is 126 Å². The zero-order valence-electron chi connectivity index (χ0n) is 12.4. The van der Waals surface area contributed by atoms with Crippen LogP contribution in [0.25, 0.3) is 11.3 Å². The number of pyridine rings is 1. The Bertz CT molecular complexity index is 585. The molecule has 1 N–H and O–H groups in total. The maximum absolute atomic E-state index is 10.7. The standard InChI is InChI=1S/C18H22N2O/c1-20-12-5-3-10-17(20)18(21)15-8-6-7-14(13-15)16-9-2-4-11-19-16/h2,4,6-9,11,13,17-18,21H,3,5,10,12H2,1H3/t17-,18-/m0/s1. The summed E-state index contributed by atoms with van der Waals surface area (Å²) in [6, 6.07) is 14.2. The average Bonchev–Trinajstić information content (AvgIpc) is 2.56. The zero-order valence-corrected chi connectivity index (χ0v) is 12.4. The van der Waals surface area contributed by atoms with Gasteiger partial charge in [0.2, 0.25) is 0 Å². The van der Waals surface area contributed by atoms with Gasteiger partial charge in [0.15, 0.2) is 0 Å². The second kappa shape index (κ2) is 6.37. The quantitative estimate of drug-likeness (QED) is 0.938. The van der Waals surface area contributed by atoms with Crippen LogP contribution in [0.15, 0.2) is 48.7 Å². The van der Waals surface area contributed by atoms with Crippen LogP contribution >= 0.6 is 0 Å².